The summed E-state index contributed by atoms with van der Waals surface area (Å²) in [7, 11) is 0. The summed E-state index contributed by atoms with van der Waals surface area (Å²) < 4.78 is 11.0. The fraction of sp³-hybridized carbons (Fsp3) is 0.150. The highest BCUT2D eigenvalue weighted by molar-refractivity contribution is 7.99. The molecule has 134 valence electrons. The molecule has 0 unspecified atom stereocenters. The molecule has 1 heterocycles. The van der Waals surface area contributed by atoms with E-state index in [1.54, 1.807) is 17.8 Å². The van der Waals surface area contributed by atoms with Crippen molar-refractivity contribution in [3.63, 3.8) is 0 Å². The summed E-state index contributed by atoms with van der Waals surface area (Å²) in [5.41, 5.74) is 0.719. The molecule has 0 fully saturated rings. The molecule has 0 saturated heterocycles. The van der Waals surface area contributed by atoms with E-state index in [-0.39, 0.29) is 18.3 Å². The largest absolute Gasteiger partial charge is 0.489 e. The van der Waals surface area contributed by atoms with E-state index in [9.17, 15) is 4.79 Å². The number of carbonyl (C=O) groups excluding carboxylic acids is 1. The van der Waals surface area contributed by atoms with Gasteiger partial charge in [0.15, 0.2) is 5.76 Å². The van der Waals surface area contributed by atoms with Crippen LogP contribution in [0, 0.1) is 0 Å². The van der Waals surface area contributed by atoms with E-state index < -0.39 is 0 Å². The average molecular weight is 388 g/mol. The van der Waals surface area contributed by atoms with Crippen molar-refractivity contribution in [2.24, 2.45) is 0 Å². The van der Waals surface area contributed by atoms with E-state index in [0.29, 0.717) is 11.6 Å². The standard InChI is InChI=1S/C20H18ClNO3S/c21-16-6-8-18(9-7-16)26-13-11-22-20(23)19-15(10-12-24-19)14-25-17-4-2-1-3-5-17/h1-10,12H,11,13-14H2,(H,22,23). The normalized spacial score (nSPS) is 10.5. The molecule has 0 aliphatic heterocycles. The predicted molar refractivity (Wildman–Crippen MR) is 104 cm³/mol. The molecule has 3 rings (SSSR count). The van der Waals surface area contributed by atoms with Crippen molar-refractivity contribution in [2.75, 3.05) is 12.3 Å². The Morgan fingerprint density at radius 3 is 2.62 bits per heavy atom. The Hall–Kier alpha value is -2.37. The Balaban J connectivity index is 1.46. The van der Waals surface area contributed by atoms with Crippen LogP contribution in [0.15, 0.2) is 76.2 Å². The number of carbonyl (C=O) groups is 1. The quantitative estimate of drug-likeness (QED) is 0.435. The lowest BCUT2D eigenvalue weighted by molar-refractivity contribution is 0.0925. The van der Waals surface area contributed by atoms with E-state index in [0.717, 1.165) is 22.0 Å². The minimum Gasteiger partial charge on any atom is -0.489 e. The van der Waals surface area contributed by atoms with Gasteiger partial charge in [-0.05, 0) is 42.5 Å². The molecule has 0 radical (unpaired) electrons. The molecule has 2 aromatic carbocycles. The summed E-state index contributed by atoms with van der Waals surface area (Å²) >= 11 is 7.52. The molecule has 0 aliphatic rings. The summed E-state index contributed by atoms with van der Waals surface area (Å²) in [4.78, 5) is 13.4. The molecule has 0 atom stereocenters. The zero-order valence-electron chi connectivity index (χ0n) is 14.0. The van der Waals surface area contributed by atoms with Gasteiger partial charge in [-0.15, -0.1) is 11.8 Å². The number of hydrogen-bond acceptors (Lipinski definition) is 4. The predicted octanol–water partition coefficient (Wildman–Crippen LogP) is 5.03. The highest BCUT2D eigenvalue weighted by Gasteiger charge is 2.15. The van der Waals surface area contributed by atoms with Gasteiger partial charge >= 0.3 is 0 Å². The van der Waals surface area contributed by atoms with Gasteiger partial charge in [-0.2, -0.15) is 0 Å². The van der Waals surface area contributed by atoms with Crippen molar-refractivity contribution >= 4 is 29.3 Å². The first-order valence-corrected chi connectivity index (χ1v) is 9.49. The Labute approximate surface area is 161 Å². The first-order chi connectivity index (χ1) is 12.7. The van der Waals surface area contributed by atoms with Crippen molar-refractivity contribution in [1.82, 2.24) is 5.32 Å². The Bertz CT molecular complexity index is 834. The van der Waals surface area contributed by atoms with E-state index in [1.165, 1.54) is 6.26 Å². The number of amides is 1. The SMILES string of the molecule is O=C(NCCSc1ccc(Cl)cc1)c1occc1COc1ccccc1. The summed E-state index contributed by atoms with van der Waals surface area (Å²) in [6, 6.07) is 18.8. The fourth-order valence-corrected chi connectivity index (χ4v) is 3.17. The van der Waals surface area contributed by atoms with Crippen LogP contribution >= 0.6 is 23.4 Å². The van der Waals surface area contributed by atoms with Gasteiger partial charge in [0.05, 0.1) is 6.26 Å². The van der Waals surface area contributed by atoms with Crippen molar-refractivity contribution < 1.29 is 13.9 Å². The summed E-state index contributed by atoms with van der Waals surface area (Å²) in [6.07, 6.45) is 1.50. The van der Waals surface area contributed by atoms with E-state index in [1.807, 2.05) is 54.6 Å². The maximum atomic E-state index is 12.3. The van der Waals surface area contributed by atoms with Crippen LogP contribution in [-0.4, -0.2) is 18.2 Å². The molecule has 0 saturated carbocycles. The molecule has 1 N–H and O–H groups in total. The van der Waals surface area contributed by atoms with Gasteiger partial charge in [0.2, 0.25) is 0 Å². The van der Waals surface area contributed by atoms with Gasteiger partial charge in [-0.25, -0.2) is 0 Å². The average Bonchev–Trinajstić information content (AvgIpc) is 3.14. The number of para-hydroxylation sites is 1. The molecule has 0 spiro atoms. The second kappa shape index (κ2) is 9.36. The van der Waals surface area contributed by atoms with Gasteiger partial charge in [-0.1, -0.05) is 29.8 Å². The first kappa shape index (κ1) is 18.4. The fourth-order valence-electron chi connectivity index (χ4n) is 2.27. The molecule has 6 heteroatoms. The third-order valence-electron chi connectivity index (χ3n) is 3.56. The minimum absolute atomic E-state index is 0.238. The first-order valence-electron chi connectivity index (χ1n) is 8.13. The van der Waals surface area contributed by atoms with Crippen LogP contribution in [0.4, 0.5) is 0 Å². The smallest absolute Gasteiger partial charge is 0.287 e. The lowest BCUT2D eigenvalue weighted by Crippen LogP contribution is -2.26. The van der Waals surface area contributed by atoms with E-state index in [4.69, 9.17) is 20.8 Å². The van der Waals surface area contributed by atoms with Crippen LogP contribution in [0.25, 0.3) is 0 Å². The Morgan fingerprint density at radius 1 is 1.08 bits per heavy atom. The minimum atomic E-state index is -0.238. The van der Waals surface area contributed by atoms with Gasteiger partial charge in [-0.3, -0.25) is 4.79 Å². The number of hydrogen-bond donors (Lipinski definition) is 1. The van der Waals surface area contributed by atoms with Gasteiger partial charge in [0.1, 0.15) is 12.4 Å². The molecule has 1 aromatic heterocycles. The summed E-state index contributed by atoms with van der Waals surface area (Å²) in [6.45, 7) is 0.814. The molecule has 4 nitrogen and oxygen atoms in total. The second-order valence-corrected chi connectivity index (χ2v) is 7.04. The van der Waals surface area contributed by atoms with Crippen LogP contribution in [0.3, 0.4) is 0 Å². The van der Waals surface area contributed by atoms with Crippen molar-refractivity contribution in [1.29, 1.82) is 0 Å². The van der Waals surface area contributed by atoms with Crippen LogP contribution in [0.2, 0.25) is 5.02 Å². The maximum absolute atomic E-state index is 12.3. The number of ether oxygens (including phenoxy) is 1. The molecule has 3 aromatic rings. The summed E-state index contributed by atoms with van der Waals surface area (Å²) in [5.74, 6) is 1.56. The Morgan fingerprint density at radius 2 is 1.85 bits per heavy atom. The molecule has 1 amide bonds. The summed E-state index contributed by atoms with van der Waals surface area (Å²) in [5, 5.41) is 3.58. The van der Waals surface area contributed by atoms with Gasteiger partial charge in [0.25, 0.3) is 5.91 Å². The van der Waals surface area contributed by atoms with E-state index >= 15 is 0 Å². The lowest BCUT2D eigenvalue weighted by atomic mass is 10.2. The molecular formula is C20H18ClNO3S. The highest BCUT2D eigenvalue weighted by Crippen LogP contribution is 2.20. The molecule has 0 aliphatic carbocycles. The van der Waals surface area contributed by atoms with Crippen LogP contribution in [0.1, 0.15) is 16.1 Å². The van der Waals surface area contributed by atoms with Crippen LogP contribution in [-0.2, 0) is 6.61 Å². The molecular weight excluding hydrogens is 370 g/mol. The number of furan rings is 1. The lowest BCUT2D eigenvalue weighted by Gasteiger charge is -2.07. The zero-order chi connectivity index (χ0) is 18.2. The zero-order valence-corrected chi connectivity index (χ0v) is 15.6. The van der Waals surface area contributed by atoms with Gasteiger partial charge < -0.3 is 14.5 Å². The number of thioether (sulfide) groups is 1. The third-order valence-corrected chi connectivity index (χ3v) is 4.83. The van der Waals surface area contributed by atoms with Crippen molar-refractivity contribution in [3.05, 3.63) is 83.3 Å². The van der Waals surface area contributed by atoms with Gasteiger partial charge in [0, 0.05) is 27.8 Å². The second-order valence-electron chi connectivity index (χ2n) is 5.43. The Kier molecular flexibility index (Phi) is 6.63. The number of nitrogens with one attached hydrogen (secondary N) is 1. The molecule has 0 bridgehead atoms. The van der Waals surface area contributed by atoms with Crippen molar-refractivity contribution in [3.8, 4) is 5.75 Å². The third kappa shape index (κ3) is 5.31. The molecule has 26 heavy (non-hydrogen) atoms. The van der Waals surface area contributed by atoms with Crippen LogP contribution in [0.5, 0.6) is 5.75 Å². The van der Waals surface area contributed by atoms with Crippen LogP contribution < -0.4 is 10.1 Å². The highest BCUT2D eigenvalue weighted by atomic mass is 35.5. The maximum Gasteiger partial charge on any atom is 0.287 e. The van der Waals surface area contributed by atoms with E-state index in [2.05, 4.69) is 5.32 Å². The number of halogens is 1. The number of benzene rings is 2. The monoisotopic (exact) mass is 387 g/mol. The topological polar surface area (TPSA) is 51.5 Å². The van der Waals surface area contributed by atoms with Crippen molar-refractivity contribution in [2.45, 2.75) is 11.5 Å². The number of rotatable bonds is 8.